The van der Waals surface area contributed by atoms with Crippen LogP contribution in [-0.4, -0.2) is 35.8 Å². The van der Waals surface area contributed by atoms with Gasteiger partial charge in [0.25, 0.3) is 11.9 Å². The van der Waals surface area contributed by atoms with E-state index in [1.807, 2.05) is 27.7 Å². The number of hydrogen-bond acceptors (Lipinski definition) is 6. The molecule has 1 heterocycles. The number of nitrogens with one attached hydrogen (secondary N) is 1. The molecule has 0 saturated carbocycles. The smallest absolute Gasteiger partial charge is 0.268 e. The first kappa shape index (κ1) is 17.6. The van der Waals surface area contributed by atoms with E-state index < -0.39 is 6.04 Å². The van der Waals surface area contributed by atoms with Gasteiger partial charge in [0.2, 0.25) is 0 Å². The fourth-order valence-electron chi connectivity index (χ4n) is 2.01. The quantitative estimate of drug-likeness (QED) is 0.653. The first-order valence-corrected chi connectivity index (χ1v) is 7.60. The highest BCUT2D eigenvalue weighted by atomic mass is 16.5. The number of carbonyl (C=O) groups is 1. The Hall–Kier alpha value is -2.77. The van der Waals surface area contributed by atoms with Crippen molar-refractivity contribution in [2.24, 2.45) is 25.8 Å². The Balaban J connectivity index is 2.10. The maximum absolute atomic E-state index is 12.0. The molecule has 0 radical (unpaired) electrons. The molecule has 1 aromatic carbocycles. The number of nitrogens with zero attached hydrogens (tertiary/aromatic N) is 4. The third-order valence-corrected chi connectivity index (χ3v) is 3.21. The summed E-state index contributed by atoms with van der Waals surface area (Å²) in [5, 5.41) is 27.8. The van der Waals surface area contributed by atoms with Gasteiger partial charge in [-0.05, 0) is 36.1 Å². The molecule has 0 saturated heterocycles. The second-order valence-electron chi connectivity index (χ2n) is 6.30. The number of carbonyl (C=O) groups excluding carboxylic acids is 1. The van der Waals surface area contributed by atoms with E-state index >= 15 is 0 Å². The molecule has 1 unspecified atom stereocenters. The molecule has 0 aromatic heterocycles. The van der Waals surface area contributed by atoms with Crippen LogP contribution in [0, 0.1) is 5.41 Å². The minimum Gasteiger partial charge on any atom is -0.504 e. The summed E-state index contributed by atoms with van der Waals surface area (Å²) < 4.78 is 5.29. The number of phenols is 1. The summed E-state index contributed by atoms with van der Waals surface area (Å²) >= 11 is 0. The summed E-state index contributed by atoms with van der Waals surface area (Å²) in [6.45, 7) is 8.01. The average molecular weight is 331 g/mol. The fraction of sp³-hybridized carbons (Fsp3) is 0.438. The minimum atomic E-state index is -0.550. The number of aromatic hydroxyl groups is 1. The molecule has 0 spiro atoms. The number of amides is 1. The van der Waals surface area contributed by atoms with Gasteiger partial charge in [-0.25, -0.2) is 0 Å². The summed E-state index contributed by atoms with van der Waals surface area (Å²) in [7, 11) is 0. The summed E-state index contributed by atoms with van der Waals surface area (Å²) in [6, 6.07) is 4.26. The number of rotatable bonds is 4. The Labute approximate surface area is 140 Å². The zero-order valence-corrected chi connectivity index (χ0v) is 14.1. The van der Waals surface area contributed by atoms with Gasteiger partial charge < -0.3 is 9.84 Å². The Morgan fingerprint density at radius 2 is 2.17 bits per heavy atom. The first-order chi connectivity index (χ1) is 11.3. The standard InChI is InChI=1S/C16H21N5O3/c1-5-24-12-8-10(6-7-11(12)22)9-17-20-15-18-14(23)13(19-21-15)16(2,3)4/h6-9,13,22H,5H2,1-4H3,(H,18,20,23)/b17-9+. The molecule has 0 aliphatic carbocycles. The van der Waals surface area contributed by atoms with Crippen LogP contribution in [0.2, 0.25) is 0 Å². The number of azo groups is 1. The summed E-state index contributed by atoms with van der Waals surface area (Å²) in [4.78, 5) is 12.0. The molecule has 0 fully saturated rings. The van der Waals surface area contributed by atoms with Crippen molar-refractivity contribution >= 4 is 18.1 Å². The van der Waals surface area contributed by atoms with Gasteiger partial charge in [-0.2, -0.15) is 10.2 Å². The molecule has 1 aliphatic rings. The second kappa shape index (κ2) is 7.20. The number of phenolic OH excluding ortho intramolecular Hbond substituents is 1. The van der Waals surface area contributed by atoms with Crippen molar-refractivity contribution in [3.63, 3.8) is 0 Å². The maximum Gasteiger partial charge on any atom is 0.268 e. The number of hydrogen-bond donors (Lipinski definition) is 2. The van der Waals surface area contributed by atoms with Crippen LogP contribution in [0.3, 0.4) is 0 Å². The SMILES string of the molecule is CCOc1cc(/C=N/N=C2\N=NC(C(C)(C)C)C(=O)N2)ccc1O. The molecule has 1 atom stereocenters. The molecule has 1 aromatic rings. The summed E-state index contributed by atoms with van der Waals surface area (Å²) in [5.41, 5.74) is 0.372. The lowest BCUT2D eigenvalue weighted by Gasteiger charge is -2.26. The Kier molecular flexibility index (Phi) is 5.28. The monoisotopic (exact) mass is 331 g/mol. The number of guanidine groups is 1. The third kappa shape index (κ3) is 4.37. The average Bonchev–Trinajstić information content (AvgIpc) is 2.49. The highest BCUT2D eigenvalue weighted by Gasteiger charge is 2.34. The first-order valence-electron chi connectivity index (χ1n) is 7.60. The Morgan fingerprint density at radius 1 is 1.42 bits per heavy atom. The predicted molar refractivity (Wildman–Crippen MR) is 90.5 cm³/mol. The van der Waals surface area contributed by atoms with E-state index in [4.69, 9.17) is 4.74 Å². The van der Waals surface area contributed by atoms with Gasteiger partial charge in [0.1, 0.15) is 0 Å². The van der Waals surface area contributed by atoms with Crippen molar-refractivity contribution in [2.75, 3.05) is 6.61 Å². The maximum atomic E-state index is 12.0. The molecular formula is C16H21N5O3. The van der Waals surface area contributed by atoms with E-state index in [0.29, 0.717) is 17.9 Å². The zero-order chi connectivity index (χ0) is 17.7. The van der Waals surface area contributed by atoms with Crippen LogP contribution < -0.4 is 10.1 Å². The van der Waals surface area contributed by atoms with Crippen LogP contribution in [0.25, 0.3) is 0 Å². The van der Waals surface area contributed by atoms with Crippen molar-refractivity contribution < 1.29 is 14.6 Å². The molecule has 128 valence electrons. The highest BCUT2D eigenvalue weighted by Crippen LogP contribution is 2.26. The van der Waals surface area contributed by atoms with Crippen LogP contribution in [-0.2, 0) is 4.79 Å². The van der Waals surface area contributed by atoms with E-state index in [0.717, 1.165) is 0 Å². The lowest BCUT2D eigenvalue weighted by molar-refractivity contribution is -0.123. The van der Waals surface area contributed by atoms with Crippen molar-refractivity contribution in [2.45, 2.75) is 33.7 Å². The van der Waals surface area contributed by atoms with Crippen LogP contribution in [0.5, 0.6) is 11.5 Å². The minimum absolute atomic E-state index is 0.0422. The molecule has 2 rings (SSSR count). The normalized spacial score (nSPS) is 19.8. The van der Waals surface area contributed by atoms with Gasteiger partial charge in [-0.3, -0.25) is 10.1 Å². The fourth-order valence-corrected chi connectivity index (χ4v) is 2.01. The van der Waals surface area contributed by atoms with Crippen LogP contribution in [0.4, 0.5) is 0 Å². The molecule has 8 nitrogen and oxygen atoms in total. The van der Waals surface area contributed by atoms with Crippen molar-refractivity contribution in [1.29, 1.82) is 0 Å². The molecule has 1 amide bonds. The van der Waals surface area contributed by atoms with Crippen molar-refractivity contribution in [3.05, 3.63) is 23.8 Å². The summed E-state index contributed by atoms with van der Waals surface area (Å²) in [5.74, 6) is 0.213. The molecule has 1 aliphatic heterocycles. The highest BCUT2D eigenvalue weighted by molar-refractivity contribution is 6.01. The predicted octanol–water partition coefficient (Wildman–Crippen LogP) is 2.48. The van der Waals surface area contributed by atoms with Gasteiger partial charge in [-0.15, -0.1) is 10.2 Å². The van der Waals surface area contributed by atoms with Crippen LogP contribution in [0.1, 0.15) is 33.3 Å². The van der Waals surface area contributed by atoms with Crippen molar-refractivity contribution in [1.82, 2.24) is 5.32 Å². The Bertz CT molecular complexity index is 704. The van der Waals surface area contributed by atoms with Gasteiger partial charge >= 0.3 is 0 Å². The van der Waals surface area contributed by atoms with Crippen molar-refractivity contribution in [3.8, 4) is 11.5 Å². The van der Waals surface area contributed by atoms with E-state index in [9.17, 15) is 9.90 Å². The topological polar surface area (TPSA) is 108 Å². The molecule has 0 bridgehead atoms. The van der Waals surface area contributed by atoms with Gasteiger partial charge in [0, 0.05) is 0 Å². The van der Waals surface area contributed by atoms with Gasteiger partial charge in [0.15, 0.2) is 17.5 Å². The number of ether oxygens (including phenoxy) is 1. The molecule has 8 heteroatoms. The third-order valence-electron chi connectivity index (χ3n) is 3.21. The number of benzene rings is 1. The second-order valence-corrected chi connectivity index (χ2v) is 6.30. The lowest BCUT2D eigenvalue weighted by atomic mass is 9.86. The molecular weight excluding hydrogens is 310 g/mol. The van der Waals surface area contributed by atoms with Gasteiger partial charge in [0.05, 0.1) is 12.8 Å². The van der Waals surface area contributed by atoms with E-state index in [1.54, 1.807) is 12.1 Å². The van der Waals surface area contributed by atoms with Crippen LogP contribution >= 0.6 is 0 Å². The largest absolute Gasteiger partial charge is 0.504 e. The summed E-state index contributed by atoms with van der Waals surface area (Å²) in [6.07, 6.45) is 1.46. The molecule has 2 N–H and O–H groups in total. The van der Waals surface area contributed by atoms with Crippen LogP contribution in [0.15, 0.2) is 38.6 Å². The zero-order valence-electron chi connectivity index (χ0n) is 14.1. The Morgan fingerprint density at radius 3 is 2.79 bits per heavy atom. The van der Waals surface area contributed by atoms with Gasteiger partial charge in [-0.1, -0.05) is 20.8 Å². The van der Waals surface area contributed by atoms with E-state index in [2.05, 4.69) is 25.7 Å². The molecule has 24 heavy (non-hydrogen) atoms. The lowest BCUT2D eigenvalue weighted by Crippen LogP contribution is -2.46. The van der Waals surface area contributed by atoms with E-state index in [-0.39, 0.29) is 23.0 Å². The van der Waals surface area contributed by atoms with E-state index in [1.165, 1.54) is 12.3 Å².